The first kappa shape index (κ1) is 21.5. The first-order chi connectivity index (χ1) is 15.5. The summed E-state index contributed by atoms with van der Waals surface area (Å²) in [4.78, 5) is 40.1. The number of anilines is 1. The van der Waals surface area contributed by atoms with Crippen molar-refractivity contribution in [3.63, 3.8) is 0 Å². The van der Waals surface area contributed by atoms with Gasteiger partial charge >= 0.3 is 6.03 Å². The fourth-order valence-electron chi connectivity index (χ4n) is 4.95. The number of nitrogens with zero attached hydrogens (tertiary/aromatic N) is 5. The van der Waals surface area contributed by atoms with Crippen molar-refractivity contribution in [3.8, 4) is 0 Å². The van der Waals surface area contributed by atoms with Gasteiger partial charge in [0.05, 0.1) is 5.75 Å². The van der Waals surface area contributed by atoms with Gasteiger partial charge in [0.2, 0.25) is 11.9 Å². The predicted molar refractivity (Wildman–Crippen MR) is 119 cm³/mol. The number of carbonyl (C=O) groups excluding carboxylic acids is 3. The van der Waals surface area contributed by atoms with Crippen LogP contribution in [0.15, 0.2) is 5.16 Å². The molecule has 4 aliphatic rings. The van der Waals surface area contributed by atoms with Crippen molar-refractivity contribution in [2.45, 2.75) is 81.4 Å². The number of aromatic nitrogens is 3. The summed E-state index contributed by atoms with van der Waals surface area (Å²) in [5.74, 6) is 0.953. The number of hydrogen-bond donors (Lipinski definition) is 2. The second kappa shape index (κ2) is 8.57. The molecule has 2 aliphatic heterocycles. The molecule has 2 saturated heterocycles. The van der Waals surface area contributed by atoms with E-state index in [-0.39, 0.29) is 11.7 Å². The van der Waals surface area contributed by atoms with Gasteiger partial charge in [-0.2, -0.15) is 5.01 Å². The molecule has 1 aromatic heterocycles. The van der Waals surface area contributed by atoms with Gasteiger partial charge in [-0.3, -0.25) is 19.6 Å². The molecule has 2 N–H and O–H groups in total. The van der Waals surface area contributed by atoms with Crippen LogP contribution >= 0.6 is 11.8 Å². The number of piperidine rings is 1. The molecule has 2 saturated carbocycles. The van der Waals surface area contributed by atoms with Crippen LogP contribution in [-0.2, 0) is 9.59 Å². The summed E-state index contributed by atoms with van der Waals surface area (Å²) >= 11 is 1.30. The minimum absolute atomic E-state index is 0.0615. The fraction of sp³-hybridized carbons (Fsp3) is 0.762. The molecule has 1 aromatic rings. The number of rotatable bonds is 6. The zero-order valence-corrected chi connectivity index (χ0v) is 19.3. The molecule has 10 nitrogen and oxygen atoms in total. The minimum atomic E-state index is -0.844. The maximum absolute atomic E-state index is 12.8. The highest BCUT2D eigenvalue weighted by Crippen LogP contribution is 2.41. The molecule has 1 spiro atoms. The van der Waals surface area contributed by atoms with Crippen molar-refractivity contribution in [2.75, 3.05) is 23.7 Å². The Bertz CT molecular complexity index is 901. The Balaban J connectivity index is 1.21. The zero-order valence-electron chi connectivity index (χ0n) is 18.5. The monoisotopic (exact) mass is 461 g/mol. The minimum Gasteiger partial charge on any atom is -0.341 e. The van der Waals surface area contributed by atoms with E-state index in [0.29, 0.717) is 18.9 Å². The van der Waals surface area contributed by atoms with Gasteiger partial charge in [0.25, 0.3) is 5.91 Å². The third-order valence-electron chi connectivity index (χ3n) is 7.06. The largest absolute Gasteiger partial charge is 0.344 e. The molecule has 0 atom stereocenters. The lowest BCUT2D eigenvalue weighted by molar-refractivity contribution is -0.139. The van der Waals surface area contributed by atoms with Gasteiger partial charge in [-0.1, -0.05) is 37.9 Å². The van der Waals surface area contributed by atoms with Crippen molar-refractivity contribution < 1.29 is 14.4 Å². The van der Waals surface area contributed by atoms with Gasteiger partial charge in [-0.15, -0.1) is 10.2 Å². The topological polar surface area (TPSA) is 112 Å². The van der Waals surface area contributed by atoms with Crippen LogP contribution in [0.2, 0.25) is 0 Å². The smallest absolute Gasteiger partial charge is 0.341 e. The van der Waals surface area contributed by atoms with Crippen molar-refractivity contribution in [2.24, 2.45) is 5.92 Å². The number of amides is 4. The van der Waals surface area contributed by atoms with E-state index >= 15 is 0 Å². The molecule has 3 heterocycles. The second-order valence-corrected chi connectivity index (χ2v) is 10.5. The number of urea groups is 1. The lowest BCUT2D eigenvalue weighted by Gasteiger charge is -2.31. The number of hydrogen-bond acceptors (Lipinski definition) is 7. The van der Waals surface area contributed by atoms with Crippen LogP contribution in [0.25, 0.3) is 0 Å². The van der Waals surface area contributed by atoms with E-state index in [1.54, 1.807) is 0 Å². The first-order valence-electron chi connectivity index (χ1n) is 11.8. The third-order valence-corrected chi connectivity index (χ3v) is 8.01. The summed E-state index contributed by atoms with van der Waals surface area (Å²) in [6.45, 7) is 4.24. The van der Waals surface area contributed by atoms with Gasteiger partial charge in [0.1, 0.15) is 5.54 Å². The summed E-state index contributed by atoms with van der Waals surface area (Å²) in [6, 6.07) is -0.153. The summed E-state index contributed by atoms with van der Waals surface area (Å²) in [5.41, 5.74) is 1.66. The predicted octanol–water partition coefficient (Wildman–Crippen LogP) is 2.23. The Kier molecular flexibility index (Phi) is 5.77. The number of thioether (sulfide) groups is 1. The Labute approximate surface area is 191 Å². The summed E-state index contributed by atoms with van der Waals surface area (Å²) in [5, 5.41) is 13.2. The molecule has 32 heavy (non-hydrogen) atoms. The molecule has 5 rings (SSSR count). The number of carbonyl (C=O) groups is 3. The normalized spacial score (nSPS) is 23.7. The highest BCUT2D eigenvalue weighted by molar-refractivity contribution is 7.99. The maximum Gasteiger partial charge on any atom is 0.344 e. The molecule has 0 radical (unpaired) electrons. The molecule has 0 bridgehead atoms. The molecule has 174 valence electrons. The Morgan fingerprint density at radius 2 is 1.84 bits per heavy atom. The second-order valence-electron chi connectivity index (χ2n) is 9.59. The van der Waals surface area contributed by atoms with Gasteiger partial charge in [-0.05, 0) is 44.4 Å². The zero-order chi connectivity index (χ0) is 22.3. The van der Waals surface area contributed by atoms with Crippen LogP contribution in [-0.4, -0.2) is 62.0 Å². The van der Waals surface area contributed by atoms with Crippen molar-refractivity contribution in [1.29, 1.82) is 0 Å². The maximum atomic E-state index is 12.8. The average molecular weight is 462 g/mol. The Hall–Kier alpha value is -2.30. The standard InChI is InChI=1S/C21H31N7O3S/c1-14-7-11-26(12-8-14)18-23-24-20(27(18)15-5-6-15)32-13-16(29)25-28-17(30)21(22-19(28)31)9-3-2-4-10-21/h14-15H,2-13H2,1H3,(H,22,31)(H,25,29). The molecule has 4 amide bonds. The molecule has 11 heteroatoms. The van der Waals surface area contributed by atoms with E-state index in [9.17, 15) is 14.4 Å². The Morgan fingerprint density at radius 3 is 2.53 bits per heavy atom. The molecular formula is C21H31N7O3S. The van der Waals surface area contributed by atoms with E-state index in [1.165, 1.54) is 11.8 Å². The Morgan fingerprint density at radius 1 is 1.12 bits per heavy atom. The quantitative estimate of drug-likeness (QED) is 0.493. The van der Waals surface area contributed by atoms with Gasteiger partial charge in [-0.25, -0.2) is 4.79 Å². The first-order valence-corrected chi connectivity index (χ1v) is 12.7. The molecule has 2 aliphatic carbocycles. The van der Waals surface area contributed by atoms with Gasteiger partial charge in [0.15, 0.2) is 5.16 Å². The summed E-state index contributed by atoms with van der Waals surface area (Å²) in [7, 11) is 0. The van der Waals surface area contributed by atoms with E-state index in [4.69, 9.17) is 0 Å². The van der Waals surface area contributed by atoms with E-state index in [0.717, 1.165) is 80.1 Å². The van der Waals surface area contributed by atoms with Crippen LogP contribution in [0, 0.1) is 5.92 Å². The van der Waals surface area contributed by atoms with Crippen molar-refractivity contribution in [1.82, 2.24) is 30.5 Å². The fourth-order valence-corrected chi connectivity index (χ4v) is 5.74. The highest BCUT2D eigenvalue weighted by Gasteiger charge is 2.52. The van der Waals surface area contributed by atoms with Crippen LogP contribution in [0.1, 0.15) is 70.8 Å². The SMILES string of the molecule is CC1CCN(c2nnc(SCC(=O)NN3C(=O)NC4(CCCCC4)C3=O)n2C2CC2)CC1. The molecule has 0 unspecified atom stereocenters. The van der Waals surface area contributed by atoms with Crippen LogP contribution in [0.3, 0.4) is 0 Å². The van der Waals surface area contributed by atoms with Crippen LogP contribution in [0.4, 0.5) is 10.7 Å². The molecule has 4 fully saturated rings. The number of imide groups is 1. The lowest BCUT2D eigenvalue weighted by atomic mass is 9.82. The van der Waals surface area contributed by atoms with E-state index in [2.05, 4.69) is 37.3 Å². The molecule has 0 aromatic carbocycles. The van der Waals surface area contributed by atoms with E-state index in [1.807, 2.05) is 0 Å². The summed E-state index contributed by atoms with van der Waals surface area (Å²) < 4.78 is 2.17. The van der Waals surface area contributed by atoms with Crippen molar-refractivity contribution >= 4 is 35.6 Å². The van der Waals surface area contributed by atoms with Gasteiger partial charge in [0, 0.05) is 19.1 Å². The average Bonchev–Trinajstić information content (AvgIpc) is 3.51. The van der Waals surface area contributed by atoms with Crippen LogP contribution in [0.5, 0.6) is 0 Å². The van der Waals surface area contributed by atoms with Crippen LogP contribution < -0.4 is 15.6 Å². The number of nitrogens with one attached hydrogen (secondary N) is 2. The third kappa shape index (κ3) is 4.06. The lowest BCUT2D eigenvalue weighted by Crippen LogP contribution is -2.51. The van der Waals surface area contributed by atoms with Gasteiger partial charge < -0.3 is 10.2 Å². The van der Waals surface area contributed by atoms with E-state index < -0.39 is 17.5 Å². The highest BCUT2D eigenvalue weighted by atomic mass is 32.2. The summed E-state index contributed by atoms with van der Waals surface area (Å²) in [6.07, 6.45) is 8.61. The number of hydrazine groups is 1. The van der Waals surface area contributed by atoms with Crippen molar-refractivity contribution in [3.05, 3.63) is 0 Å². The molecular weight excluding hydrogens is 430 g/mol.